The molecule has 2 aromatic carbocycles. The third-order valence-corrected chi connectivity index (χ3v) is 3.26. The van der Waals surface area contributed by atoms with E-state index in [1.54, 1.807) is 12.2 Å². The Morgan fingerprint density at radius 1 is 1.10 bits per heavy atom. The molecule has 0 bridgehead atoms. The monoisotopic (exact) mass is 329 g/mol. The zero-order valence-corrected chi connectivity index (χ0v) is 13.1. The van der Waals surface area contributed by atoms with Gasteiger partial charge in [-0.3, -0.25) is 4.79 Å². The van der Waals surface area contributed by atoms with E-state index in [0.29, 0.717) is 0 Å². The predicted molar refractivity (Wildman–Crippen MR) is 87.7 cm³/mol. The fourth-order valence-electron chi connectivity index (χ4n) is 2.01. The molecule has 0 aromatic heterocycles. The third kappa shape index (κ3) is 4.35. The smallest absolute Gasteiger partial charge is 0.248 e. The lowest BCUT2D eigenvalue weighted by Crippen LogP contribution is -2.08. The van der Waals surface area contributed by atoms with Gasteiger partial charge in [0.15, 0.2) is 0 Å². The molecular formula is C17H16BrNO. The summed E-state index contributed by atoms with van der Waals surface area (Å²) in [6, 6.07) is 13.8. The fraction of sp³-hybridized carbons (Fsp3) is 0.118. The van der Waals surface area contributed by atoms with Gasteiger partial charge in [0.1, 0.15) is 0 Å². The quantitative estimate of drug-likeness (QED) is 0.811. The number of carbonyl (C=O) groups is 1. The second-order valence-electron chi connectivity index (χ2n) is 4.75. The number of hydrogen-bond donors (Lipinski definition) is 1. The second-order valence-corrected chi connectivity index (χ2v) is 5.67. The summed E-state index contributed by atoms with van der Waals surface area (Å²) in [7, 11) is 0. The number of benzene rings is 2. The predicted octanol–water partition coefficient (Wildman–Crippen LogP) is 4.72. The lowest BCUT2D eigenvalue weighted by Gasteiger charge is -2.05. The SMILES string of the molecule is Cc1cc(C)cc(NC(=O)/C=C/c2cccc(Br)c2)c1. The highest BCUT2D eigenvalue weighted by Crippen LogP contribution is 2.15. The van der Waals surface area contributed by atoms with Crippen LogP contribution in [0.5, 0.6) is 0 Å². The molecule has 0 aliphatic carbocycles. The molecule has 102 valence electrons. The standard InChI is InChI=1S/C17H16BrNO/c1-12-8-13(2)10-16(9-12)19-17(20)7-6-14-4-3-5-15(18)11-14/h3-11H,1-2H3,(H,19,20)/b7-6+. The van der Waals surface area contributed by atoms with Gasteiger partial charge in [0.05, 0.1) is 0 Å². The lowest BCUT2D eigenvalue weighted by molar-refractivity contribution is -0.111. The number of rotatable bonds is 3. The van der Waals surface area contributed by atoms with Crippen LogP contribution in [-0.4, -0.2) is 5.91 Å². The largest absolute Gasteiger partial charge is 0.322 e. The van der Waals surface area contributed by atoms with Crippen LogP contribution < -0.4 is 5.32 Å². The van der Waals surface area contributed by atoms with Gasteiger partial charge in [0, 0.05) is 16.2 Å². The van der Waals surface area contributed by atoms with Crippen molar-refractivity contribution in [3.63, 3.8) is 0 Å². The van der Waals surface area contributed by atoms with E-state index in [1.807, 2.05) is 50.2 Å². The van der Waals surface area contributed by atoms with Gasteiger partial charge in [-0.05, 0) is 60.9 Å². The summed E-state index contributed by atoms with van der Waals surface area (Å²) in [5.74, 6) is -0.130. The Balaban J connectivity index is 2.05. The first-order valence-corrected chi connectivity index (χ1v) is 7.15. The summed E-state index contributed by atoms with van der Waals surface area (Å²) in [5.41, 5.74) is 4.08. The highest BCUT2D eigenvalue weighted by Gasteiger charge is 1.99. The molecule has 20 heavy (non-hydrogen) atoms. The maximum Gasteiger partial charge on any atom is 0.248 e. The highest BCUT2D eigenvalue weighted by atomic mass is 79.9. The van der Waals surface area contributed by atoms with E-state index < -0.39 is 0 Å². The van der Waals surface area contributed by atoms with Crippen molar-refractivity contribution in [3.05, 3.63) is 69.7 Å². The summed E-state index contributed by atoms with van der Waals surface area (Å²) < 4.78 is 0.995. The minimum atomic E-state index is -0.130. The molecule has 0 atom stereocenters. The van der Waals surface area contributed by atoms with E-state index >= 15 is 0 Å². The van der Waals surface area contributed by atoms with Gasteiger partial charge < -0.3 is 5.32 Å². The molecule has 0 fully saturated rings. The van der Waals surface area contributed by atoms with Crippen molar-refractivity contribution in [2.45, 2.75) is 13.8 Å². The van der Waals surface area contributed by atoms with Gasteiger partial charge in [0.25, 0.3) is 0 Å². The van der Waals surface area contributed by atoms with Crippen LogP contribution in [0.25, 0.3) is 6.08 Å². The van der Waals surface area contributed by atoms with Gasteiger partial charge >= 0.3 is 0 Å². The van der Waals surface area contributed by atoms with Gasteiger partial charge in [0.2, 0.25) is 5.91 Å². The minimum Gasteiger partial charge on any atom is -0.322 e. The fourth-order valence-corrected chi connectivity index (χ4v) is 2.43. The highest BCUT2D eigenvalue weighted by molar-refractivity contribution is 9.10. The average Bonchev–Trinajstić information content (AvgIpc) is 2.35. The summed E-state index contributed by atoms with van der Waals surface area (Å²) in [6.45, 7) is 4.03. The van der Waals surface area contributed by atoms with Crippen molar-refractivity contribution in [3.8, 4) is 0 Å². The molecule has 3 heteroatoms. The minimum absolute atomic E-state index is 0.130. The van der Waals surface area contributed by atoms with E-state index in [1.165, 1.54) is 0 Å². The van der Waals surface area contributed by atoms with Crippen LogP contribution in [-0.2, 0) is 4.79 Å². The van der Waals surface area contributed by atoms with Crippen molar-refractivity contribution < 1.29 is 4.79 Å². The summed E-state index contributed by atoms with van der Waals surface area (Å²) in [4.78, 5) is 11.9. The number of carbonyl (C=O) groups excluding carboxylic acids is 1. The maximum atomic E-state index is 11.9. The van der Waals surface area contributed by atoms with Crippen LogP contribution in [0.1, 0.15) is 16.7 Å². The van der Waals surface area contributed by atoms with Crippen molar-refractivity contribution in [1.82, 2.24) is 0 Å². The van der Waals surface area contributed by atoms with Gasteiger partial charge in [-0.2, -0.15) is 0 Å². The van der Waals surface area contributed by atoms with Gasteiger partial charge in [-0.25, -0.2) is 0 Å². The zero-order chi connectivity index (χ0) is 14.5. The van der Waals surface area contributed by atoms with Crippen molar-refractivity contribution in [2.24, 2.45) is 0 Å². The van der Waals surface area contributed by atoms with E-state index in [9.17, 15) is 4.79 Å². The Labute approximate surface area is 127 Å². The van der Waals surface area contributed by atoms with Crippen LogP contribution in [0.3, 0.4) is 0 Å². The number of hydrogen-bond acceptors (Lipinski definition) is 1. The molecule has 0 aliphatic heterocycles. The van der Waals surface area contributed by atoms with E-state index in [-0.39, 0.29) is 5.91 Å². The first-order chi connectivity index (χ1) is 9.52. The van der Waals surface area contributed by atoms with Crippen LogP contribution in [0.15, 0.2) is 53.0 Å². The third-order valence-electron chi connectivity index (χ3n) is 2.77. The summed E-state index contributed by atoms with van der Waals surface area (Å²) >= 11 is 3.40. The Bertz CT molecular complexity index is 642. The Hall–Kier alpha value is -1.87. The first kappa shape index (κ1) is 14.5. The van der Waals surface area contributed by atoms with Gasteiger partial charge in [-0.1, -0.05) is 34.1 Å². The molecule has 2 aromatic rings. The molecule has 1 amide bonds. The Morgan fingerprint density at radius 2 is 1.80 bits per heavy atom. The number of nitrogens with one attached hydrogen (secondary N) is 1. The molecule has 0 saturated heterocycles. The number of amides is 1. The molecule has 2 nitrogen and oxygen atoms in total. The molecule has 0 heterocycles. The first-order valence-electron chi connectivity index (χ1n) is 6.36. The van der Waals surface area contributed by atoms with Crippen LogP contribution in [0.2, 0.25) is 0 Å². The maximum absolute atomic E-state index is 11.9. The van der Waals surface area contributed by atoms with Crippen LogP contribution in [0, 0.1) is 13.8 Å². The number of anilines is 1. The molecule has 0 saturated carbocycles. The Kier molecular flexibility index (Phi) is 4.74. The van der Waals surface area contributed by atoms with E-state index in [4.69, 9.17) is 0 Å². The van der Waals surface area contributed by atoms with E-state index in [2.05, 4.69) is 27.3 Å². The van der Waals surface area contributed by atoms with Crippen molar-refractivity contribution in [2.75, 3.05) is 5.32 Å². The van der Waals surface area contributed by atoms with E-state index in [0.717, 1.165) is 26.9 Å². The average molecular weight is 330 g/mol. The molecule has 0 radical (unpaired) electrons. The lowest BCUT2D eigenvalue weighted by atomic mass is 10.1. The van der Waals surface area contributed by atoms with Gasteiger partial charge in [-0.15, -0.1) is 0 Å². The molecule has 1 N–H and O–H groups in total. The summed E-state index contributed by atoms with van der Waals surface area (Å²) in [6.07, 6.45) is 3.34. The zero-order valence-electron chi connectivity index (χ0n) is 11.5. The van der Waals surface area contributed by atoms with Crippen molar-refractivity contribution in [1.29, 1.82) is 0 Å². The second kappa shape index (κ2) is 6.53. The molecule has 2 rings (SSSR count). The normalized spacial score (nSPS) is 10.8. The molecule has 0 unspecified atom stereocenters. The molecule has 0 spiro atoms. The number of aryl methyl sites for hydroxylation is 2. The summed E-state index contributed by atoms with van der Waals surface area (Å²) in [5, 5.41) is 2.87. The molecular weight excluding hydrogens is 314 g/mol. The van der Waals surface area contributed by atoms with Crippen LogP contribution >= 0.6 is 15.9 Å². The van der Waals surface area contributed by atoms with Crippen molar-refractivity contribution >= 4 is 33.6 Å². The van der Waals surface area contributed by atoms with Crippen LogP contribution in [0.4, 0.5) is 5.69 Å². The molecule has 0 aliphatic rings. The Morgan fingerprint density at radius 3 is 2.45 bits per heavy atom. The number of halogens is 1. The topological polar surface area (TPSA) is 29.1 Å².